The van der Waals surface area contributed by atoms with Crippen molar-refractivity contribution in [1.29, 1.82) is 0 Å². The number of halogens is 3. The average molecular weight is 421 g/mol. The molecule has 0 bridgehead atoms. The second-order valence-electron chi connectivity index (χ2n) is 9.81. The first kappa shape index (κ1) is 23.4. The Morgan fingerprint density at radius 2 is 1.23 bits per heavy atom. The van der Waals surface area contributed by atoms with Crippen LogP contribution in [0.15, 0.2) is 24.3 Å². The molecule has 2 aliphatic rings. The maximum Gasteiger partial charge on any atom is 0.194 e. The van der Waals surface area contributed by atoms with Gasteiger partial charge in [-0.3, -0.25) is 0 Å². The van der Waals surface area contributed by atoms with E-state index < -0.39 is 17.5 Å². The molecule has 0 saturated heterocycles. The van der Waals surface area contributed by atoms with Crippen molar-refractivity contribution in [3.05, 3.63) is 47.3 Å². The molecule has 3 heteroatoms. The van der Waals surface area contributed by atoms with E-state index in [0.29, 0.717) is 17.9 Å². The third kappa shape index (κ3) is 6.89. The molecule has 2 aliphatic carbocycles. The fourth-order valence-electron chi connectivity index (χ4n) is 5.75. The predicted molar refractivity (Wildman–Crippen MR) is 119 cm³/mol. The second-order valence-corrected chi connectivity index (χ2v) is 9.81. The lowest BCUT2D eigenvalue weighted by Crippen LogP contribution is -2.26. The van der Waals surface area contributed by atoms with Gasteiger partial charge in [0.25, 0.3) is 0 Å². The van der Waals surface area contributed by atoms with Crippen LogP contribution in [0.4, 0.5) is 13.2 Å². The Labute approximate surface area is 181 Å². The molecule has 168 valence electrons. The van der Waals surface area contributed by atoms with Gasteiger partial charge >= 0.3 is 0 Å². The highest BCUT2D eigenvalue weighted by atomic mass is 19.2. The van der Waals surface area contributed by atoms with E-state index in [1.807, 2.05) is 0 Å². The van der Waals surface area contributed by atoms with Crippen molar-refractivity contribution >= 4 is 0 Å². The van der Waals surface area contributed by atoms with Gasteiger partial charge in [-0.1, -0.05) is 51.2 Å². The number of unbranched alkanes of at least 4 members (excludes halogenated alkanes) is 1. The summed E-state index contributed by atoms with van der Waals surface area (Å²) in [7, 11) is 0. The lowest BCUT2D eigenvalue weighted by atomic mass is 9.68. The van der Waals surface area contributed by atoms with Gasteiger partial charge in [0.2, 0.25) is 0 Å². The zero-order chi connectivity index (χ0) is 21.3. The minimum absolute atomic E-state index is 0.580. The van der Waals surface area contributed by atoms with Crippen molar-refractivity contribution in [2.45, 2.75) is 96.8 Å². The summed E-state index contributed by atoms with van der Waals surface area (Å²) in [5.74, 6) is -0.126. The Morgan fingerprint density at radius 3 is 1.77 bits per heavy atom. The Bertz CT molecular complexity index is 642. The van der Waals surface area contributed by atoms with Gasteiger partial charge in [-0.05, 0) is 99.2 Å². The molecular weight excluding hydrogens is 381 g/mol. The van der Waals surface area contributed by atoms with Crippen LogP contribution in [0.1, 0.15) is 96.0 Å². The monoisotopic (exact) mass is 420 g/mol. The highest BCUT2D eigenvalue weighted by molar-refractivity contribution is 5.19. The average Bonchev–Trinajstić information content (AvgIpc) is 2.76. The molecule has 0 radical (unpaired) electrons. The molecule has 0 spiro atoms. The molecule has 2 saturated carbocycles. The molecule has 0 unspecified atom stereocenters. The first-order valence-corrected chi connectivity index (χ1v) is 12.3. The predicted octanol–water partition coefficient (Wildman–Crippen LogP) is 8.79. The van der Waals surface area contributed by atoms with Crippen molar-refractivity contribution in [2.75, 3.05) is 0 Å². The van der Waals surface area contributed by atoms with Crippen LogP contribution in [0.5, 0.6) is 0 Å². The van der Waals surface area contributed by atoms with Crippen molar-refractivity contribution < 1.29 is 13.2 Å². The minimum Gasteiger partial charge on any atom is -0.204 e. The maximum absolute atomic E-state index is 13.4. The van der Waals surface area contributed by atoms with Crippen LogP contribution in [-0.2, 0) is 6.42 Å². The molecule has 1 aromatic rings. The van der Waals surface area contributed by atoms with Crippen molar-refractivity contribution in [3.8, 4) is 0 Å². The van der Waals surface area contributed by atoms with Crippen molar-refractivity contribution in [2.24, 2.45) is 23.7 Å². The quantitative estimate of drug-likeness (QED) is 0.276. The summed E-state index contributed by atoms with van der Waals surface area (Å²) in [5, 5.41) is 0. The normalized spacial score (nSPS) is 27.6. The Hall–Kier alpha value is -1.25. The van der Waals surface area contributed by atoms with E-state index in [4.69, 9.17) is 0 Å². The van der Waals surface area contributed by atoms with Gasteiger partial charge in [-0.2, -0.15) is 0 Å². The smallest absolute Gasteiger partial charge is 0.194 e. The van der Waals surface area contributed by atoms with Gasteiger partial charge in [0.1, 0.15) is 0 Å². The first-order valence-electron chi connectivity index (χ1n) is 12.3. The summed E-state index contributed by atoms with van der Waals surface area (Å²) in [6.45, 7) is 2.23. The topological polar surface area (TPSA) is 0 Å². The van der Waals surface area contributed by atoms with E-state index in [2.05, 4.69) is 19.1 Å². The minimum atomic E-state index is -1.36. The van der Waals surface area contributed by atoms with E-state index >= 15 is 0 Å². The molecule has 0 amide bonds. The van der Waals surface area contributed by atoms with E-state index in [1.165, 1.54) is 77.0 Å². The molecule has 0 aromatic heterocycles. The second kappa shape index (κ2) is 12.0. The summed E-state index contributed by atoms with van der Waals surface area (Å²) in [4.78, 5) is 0. The number of benzene rings is 1. The number of rotatable bonds is 9. The summed E-state index contributed by atoms with van der Waals surface area (Å²) in [6.07, 6.45) is 22.1. The highest BCUT2D eigenvalue weighted by Crippen LogP contribution is 2.43. The van der Waals surface area contributed by atoms with E-state index in [9.17, 15) is 13.2 Å². The molecule has 0 nitrogen and oxygen atoms in total. The SMILES string of the molecule is CCC/C=C/CC[C@H]1CC[C@H]([C@H]2CC[C@H](CCc3cc(F)c(F)c(F)c3)CC2)CC1. The largest absolute Gasteiger partial charge is 0.204 e. The fourth-order valence-corrected chi connectivity index (χ4v) is 5.75. The van der Waals surface area contributed by atoms with E-state index in [0.717, 1.165) is 36.3 Å². The van der Waals surface area contributed by atoms with Crippen LogP contribution in [0.25, 0.3) is 0 Å². The number of allylic oxidation sites excluding steroid dienone is 2. The molecular formula is C27H39F3. The zero-order valence-corrected chi connectivity index (χ0v) is 18.7. The number of aryl methyl sites for hydroxylation is 1. The molecule has 0 atom stereocenters. The van der Waals surface area contributed by atoms with Crippen LogP contribution in [-0.4, -0.2) is 0 Å². The summed E-state index contributed by atoms with van der Waals surface area (Å²) >= 11 is 0. The Morgan fingerprint density at radius 1 is 0.733 bits per heavy atom. The molecule has 30 heavy (non-hydrogen) atoms. The number of hydrogen-bond donors (Lipinski definition) is 0. The van der Waals surface area contributed by atoms with E-state index in [-0.39, 0.29) is 0 Å². The lowest BCUT2D eigenvalue weighted by Gasteiger charge is -2.38. The highest BCUT2D eigenvalue weighted by Gasteiger charge is 2.30. The molecule has 0 heterocycles. The standard InChI is InChI=1S/C27H39F3/c1-2-3-4-5-6-7-20-10-14-23(15-11-20)24-16-12-21(13-17-24)8-9-22-18-25(28)27(30)26(29)19-22/h4-5,18-21,23-24H,2-3,6-17H2,1H3/b5-4+/t20-,21-,23-,24-. The van der Waals surface area contributed by atoms with Crippen LogP contribution in [0.2, 0.25) is 0 Å². The molecule has 3 rings (SSSR count). The molecule has 0 aliphatic heterocycles. The summed E-state index contributed by atoms with van der Waals surface area (Å²) in [6, 6.07) is 2.31. The molecule has 2 fully saturated rings. The summed E-state index contributed by atoms with van der Waals surface area (Å²) in [5.41, 5.74) is 0.580. The summed E-state index contributed by atoms with van der Waals surface area (Å²) < 4.78 is 39.9. The molecule has 1 aromatic carbocycles. The van der Waals surface area contributed by atoms with Gasteiger partial charge in [0.15, 0.2) is 17.5 Å². The molecule has 0 N–H and O–H groups in total. The van der Waals surface area contributed by atoms with Gasteiger partial charge in [0, 0.05) is 0 Å². The fraction of sp³-hybridized carbons (Fsp3) is 0.704. The van der Waals surface area contributed by atoms with E-state index in [1.54, 1.807) is 0 Å². The van der Waals surface area contributed by atoms with Gasteiger partial charge in [-0.25, -0.2) is 13.2 Å². The first-order chi connectivity index (χ1) is 14.6. The maximum atomic E-state index is 13.4. The van der Waals surface area contributed by atoms with Crippen LogP contribution >= 0.6 is 0 Å². The van der Waals surface area contributed by atoms with Gasteiger partial charge in [0.05, 0.1) is 0 Å². The van der Waals surface area contributed by atoms with Crippen molar-refractivity contribution in [1.82, 2.24) is 0 Å². The lowest BCUT2D eigenvalue weighted by molar-refractivity contribution is 0.141. The third-order valence-electron chi connectivity index (χ3n) is 7.70. The van der Waals surface area contributed by atoms with Crippen LogP contribution < -0.4 is 0 Å². The Kier molecular flexibility index (Phi) is 9.33. The Balaban J connectivity index is 1.33. The zero-order valence-electron chi connectivity index (χ0n) is 18.7. The third-order valence-corrected chi connectivity index (χ3v) is 7.70. The van der Waals surface area contributed by atoms with Gasteiger partial charge < -0.3 is 0 Å². The van der Waals surface area contributed by atoms with Crippen LogP contribution in [0.3, 0.4) is 0 Å². The van der Waals surface area contributed by atoms with Crippen molar-refractivity contribution in [3.63, 3.8) is 0 Å². The van der Waals surface area contributed by atoms with Crippen LogP contribution in [0, 0.1) is 41.1 Å². The number of hydrogen-bond acceptors (Lipinski definition) is 0. The van der Waals surface area contributed by atoms with Gasteiger partial charge in [-0.15, -0.1) is 0 Å².